The predicted molar refractivity (Wildman–Crippen MR) is 69.6 cm³/mol. The Labute approximate surface area is 103 Å². The van der Waals surface area contributed by atoms with Gasteiger partial charge in [0.1, 0.15) is 0 Å². The lowest BCUT2D eigenvalue weighted by molar-refractivity contribution is -0.127. The number of hydrogen-bond acceptors (Lipinski definition) is 1. The third kappa shape index (κ3) is 3.19. The third-order valence-electron chi connectivity index (χ3n) is 3.05. The first-order chi connectivity index (χ1) is 8.20. The first-order valence-electron chi connectivity index (χ1n) is 6.19. The van der Waals surface area contributed by atoms with E-state index in [1.165, 1.54) is 11.1 Å². The number of carbonyl (C=O) groups is 1. The molecule has 1 aliphatic carbocycles. The molecule has 0 heterocycles. The number of carbonyl (C=O) groups excluding carboxylic acids is 1. The predicted octanol–water partition coefficient (Wildman–Crippen LogP) is 3.06. The minimum Gasteiger partial charge on any atom is -0.332 e. The fourth-order valence-corrected chi connectivity index (χ4v) is 1.90. The van der Waals surface area contributed by atoms with Gasteiger partial charge in [-0.15, -0.1) is 0 Å². The van der Waals surface area contributed by atoms with Crippen LogP contribution in [0.5, 0.6) is 0 Å². The second kappa shape index (κ2) is 5.17. The largest absolute Gasteiger partial charge is 0.332 e. The van der Waals surface area contributed by atoms with Crippen LogP contribution in [0.1, 0.15) is 30.9 Å². The number of amides is 1. The van der Waals surface area contributed by atoms with Crippen LogP contribution < -0.4 is 0 Å². The first-order valence-corrected chi connectivity index (χ1v) is 6.19. The molecule has 1 aliphatic rings. The summed E-state index contributed by atoms with van der Waals surface area (Å²) in [4.78, 5) is 13.9. The molecule has 0 aliphatic heterocycles. The van der Waals surface area contributed by atoms with Crippen molar-refractivity contribution in [3.8, 4) is 0 Å². The zero-order chi connectivity index (χ0) is 12.3. The highest BCUT2D eigenvalue weighted by Gasteiger charge is 2.31. The molecule has 0 N–H and O–H groups in total. The van der Waals surface area contributed by atoms with E-state index >= 15 is 0 Å². The molecule has 2 rings (SSSR count). The quantitative estimate of drug-likeness (QED) is 0.727. The van der Waals surface area contributed by atoms with Gasteiger partial charge in [-0.05, 0) is 38.3 Å². The average Bonchev–Trinajstić information content (AvgIpc) is 3.12. The molecule has 0 bridgehead atoms. The molecule has 1 saturated carbocycles. The van der Waals surface area contributed by atoms with Gasteiger partial charge in [0.25, 0.3) is 0 Å². The Morgan fingerprint density at radius 3 is 2.53 bits per heavy atom. The Morgan fingerprint density at radius 1 is 1.35 bits per heavy atom. The number of nitrogens with zero attached hydrogens (tertiary/aromatic N) is 1. The second-order valence-electron chi connectivity index (χ2n) is 4.68. The van der Waals surface area contributed by atoms with Crippen molar-refractivity contribution in [2.45, 2.75) is 39.3 Å². The third-order valence-corrected chi connectivity index (χ3v) is 3.05. The van der Waals surface area contributed by atoms with E-state index in [0.717, 1.165) is 19.4 Å². The maximum atomic E-state index is 11.9. The monoisotopic (exact) mass is 229 g/mol. The highest BCUT2D eigenvalue weighted by atomic mass is 16.2. The van der Waals surface area contributed by atoms with E-state index in [-0.39, 0.29) is 5.91 Å². The second-order valence-corrected chi connectivity index (χ2v) is 4.68. The summed E-state index contributed by atoms with van der Waals surface area (Å²) in [7, 11) is 0. The number of rotatable bonds is 4. The lowest BCUT2D eigenvalue weighted by Gasteiger charge is -2.21. The lowest BCUT2D eigenvalue weighted by atomic mass is 10.1. The van der Waals surface area contributed by atoms with Crippen LogP contribution in [-0.4, -0.2) is 16.8 Å². The summed E-state index contributed by atoms with van der Waals surface area (Å²) in [5.74, 6) is 0.135. The minimum atomic E-state index is 0.135. The Kier molecular flexibility index (Phi) is 3.62. The molecule has 0 radical (unpaired) electrons. The van der Waals surface area contributed by atoms with Crippen LogP contribution in [-0.2, 0) is 11.3 Å². The van der Waals surface area contributed by atoms with Gasteiger partial charge in [0.2, 0.25) is 5.91 Å². The van der Waals surface area contributed by atoms with Crippen molar-refractivity contribution in [2.24, 2.45) is 0 Å². The molecule has 1 aromatic carbocycles. The normalized spacial score (nSPS) is 15.2. The Bertz CT molecular complexity index is 415. The zero-order valence-electron chi connectivity index (χ0n) is 10.5. The molecule has 0 atom stereocenters. The summed E-state index contributed by atoms with van der Waals surface area (Å²) >= 11 is 0. The molecular weight excluding hydrogens is 210 g/mol. The number of benzene rings is 1. The van der Waals surface area contributed by atoms with Crippen LogP contribution in [0.15, 0.2) is 36.4 Å². The van der Waals surface area contributed by atoms with Crippen LogP contribution in [0, 0.1) is 6.92 Å². The number of aryl methyl sites for hydroxylation is 1. The van der Waals surface area contributed by atoms with Gasteiger partial charge in [0, 0.05) is 12.6 Å². The van der Waals surface area contributed by atoms with Gasteiger partial charge in [-0.3, -0.25) is 4.79 Å². The van der Waals surface area contributed by atoms with E-state index in [9.17, 15) is 4.79 Å². The van der Waals surface area contributed by atoms with Gasteiger partial charge in [-0.1, -0.05) is 35.9 Å². The topological polar surface area (TPSA) is 20.3 Å². The van der Waals surface area contributed by atoms with Crippen LogP contribution >= 0.6 is 0 Å². The lowest BCUT2D eigenvalue weighted by Crippen LogP contribution is -2.31. The highest BCUT2D eigenvalue weighted by molar-refractivity contribution is 5.88. The highest BCUT2D eigenvalue weighted by Crippen LogP contribution is 2.28. The fraction of sp³-hybridized carbons (Fsp3) is 0.400. The molecule has 1 fully saturated rings. The summed E-state index contributed by atoms with van der Waals surface area (Å²) < 4.78 is 0. The van der Waals surface area contributed by atoms with Crippen molar-refractivity contribution in [3.63, 3.8) is 0 Å². The van der Waals surface area contributed by atoms with Crippen LogP contribution in [0.3, 0.4) is 0 Å². The molecule has 0 saturated heterocycles. The van der Waals surface area contributed by atoms with E-state index in [1.807, 2.05) is 17.9 Å². The van der Waals surface area contributed by atoms with Crippen molar-refractivity contribution >= 4 is 5.91 Å². The summed E-state index contributed by atoms with van der Waals surface area (Å²) in [6, 6.07) is 8.86. The summed E-state index contributed by atoms with van der Waals surface area (Å²) in [6.45, 7) is 4.69. The molecule has 0 aromatic heterocycles. The number of allylic oxidation sites excluding steroid dienone is 1. The van der Waals surface area contributed by atoms with Gasteiger partial charge < -0.3 is 4.90 Å². The van der Waals surface area contributed by atoms with Gasteiger partial charge in [-0.2, -0.15) is 0 Å². The van der Waals surface area contributed by atoms with Crippen molar-refractivity contribution in [1.82, 2.24) is 4.90 Å². The maximum Gasteiger partial charge on any atom is 0.246 e. The molecule has 1 aromatic rings. The first kappa shape index (κ1) is 11.9. The van der Waals surface area contributed by atoms with Crippen molar-refractivity contribution in [2.75, 3.05) is 0 Å². The van der Waals surface area contributed by atoms with E-state index < -0.39 is 0 Å². The Balaban J connectivity index is 2.07. The minimum absolute atomic E-state index is 0.135. The van der Waals surface area contributed by atoms with Crippen LogP contribution in [0.25, 0.3) is 0 Å². The summed E-state index contributed by atoms with van der Waals surface area (Å²) in [5.41, 5.74) is 2.46. The van der Waals surface area contributed by atoms with Gasteiger partial charge in [0.05, 0.1) is 0 Å². The van der Waals surface area contributed by atoms with Crippen molar-refractivity contribution in [3.05, 3.63) is 47.5 Å². The van der Waals surface area contributed by atoms with Crippen LogP contribution in [0.2, 0.25) is 0 Å². The summed E-state index contributed by atoms with van der Waals surface area (Å²) in [6.07, 6.45) is 5.77. The standard InChI is InChI=1S/C15H19NO/c1-3-4-15(17)16(14-9-10-14)11-13-7-5-12(2)6-8-13/h3-8,14H,9-11H2,1-2H3. The summed E-state index contributed by atoms with van der Waals surface area (Å²) in [5, 5.41) is 0. The molecule has 0 spiro atoms. The molecule has 90 valence electrons. The van der Waals surface area contributed by atoms with E-state index in [4.69, 9.17) is 0 Å². The van der Waals surface area contributed by atoms with Crippen LogP contribution in [0.4, 0.5) is 0 Å². The molecule has 17 heavy (non-hydrogen) atoms. The Hall–Kier alpha value is -1.57. The van der Waals surface area contributed by atoms with E-state index in [1.54, 1.807) is 6.08 Å². The smallest absolute Gasteiger partial charge is 0.246 e. The SMILES string of the molecule is CC=CC(=O)N(Cc1ccc(C)cc1)C1CC1. The molecule has 1 amide bonds. The fourth-order valence-electron chi connectivity index (χ4n) is 1.90. The maximum absolute atomic E-state index is 11.9. The van der Waals surface area contributed by atoms with Gasteiger partial charge in [0.15, 0.2) is 0 Å². The van der Waals surface area contributed by atoms with Crippen molar-refractivity contribution in [1.29, 1.82) is 0 Å². The molecule has 0 unspecified atom stereocenters. The molecule has 2 nitrogen and oxygen atoms in total. The Morgan fingerprint density at radius 2 is 2.00 bits per heavy atom. The average molecular weight is 229 g/mol. The number of hydrogen-bond donors (Lipinski definition) is 0. The molecule has 2 heteroatoms. The van der Waals surface area contributed by atoms with Crippen molar-refractivity contribution < 1.29 is 4.79 Å². The molecular formula is C15H19NO. The zero-order valence-corrected chi connectivity index (χ0v) is 10.5. The van der Waals surface area contributed by atoms with E-state index in [0.29, 0.717) is 6.04 Å². The van der Waals surface area contributed by atoms with Gasteiger partial charge >= 0.3 is 0 Å². The van der Waals surface area contributed by atoms with Gasteiger partial charge in [-0.25, -0.2) is 0 Å². The van der Waals surface area contributed by atoms with E-state index in [2.05, 4.69) is 31.2 Å².